The third kappa shape index (κ3) is 3.30. The summed E-state index contributed by atoms with van der Waals surface area (Å²) in [5, 5.41) is 1.95. The zero-order chi connectivity index (χ0) is 20.0. The van der Waals surface area contributed by atoms with Crippen molar-refractivity contribution in [2.45, 2.75) is 13.0 Å². The van der Waals surface area contributed by atoms with Crippen molar-refractivity contribution < 1.29 is 4.74 Å². The van der Waals surface area contributed by atoms with Crippen molar-refractivity contribution in [3.63, 3.8) is 0 Å². The lowest BCUT2D eigenvalue weighted by Gasteiger charge is -2.34. The van der Waals surface area contributed by atoms with Gasteiger partial charge in [0.2, 0.25) is 11.2 Å². The van der Waals surface area contributed by atoms with Crippen molar-refractivity contribution in [1.82, 2.24) is 24.9 Å². The van der Waals surface area contributed by atoms with E-state index in [0.717, 1.165) is 39.9 Å². The third-order valence-corrected chi connectivity index (χ3v) is 5.22. The molecule has 1 aliphatic heterocycles. The van der Waals surface area contributed by atoms with Crippen LogP contribution in [0.3, 0.4) is 0 Å². The smallest absolute Gasteiger partial charge is 0.226 e. The summed E-state index contributed by atoms with van der Waals surface area (Å²) >= 11 is 6.23. The summed E-state index contributed by atoms with van der Waals surface area (Å²) in [7, 11) is 0. The highest BCUT2D eigenvalue weighted by Gasteiger charge is 2.23. The number of aromatic nitrogens is 5. The second-order valence-electron chi connectivity index (χ2n) is 7.00. The average molecular weight is 408 g/mol. The van der Waals surface area contributed by atoms with Crippen molar-refractivity contribution in [3.8, 4) is 11.3 Å². The minimum absolute atomic E-state index is 0.176. The lowest BCUT2D eigenvalue weighted by atomic mass is 10.1. The number of ether oxygens (including phenoxy) is 1. The molecule has 146 valence electrons. The number of hydrogen-bond acceptors (Lipinski definition) is 8. The first-order valence-electron chi connectivity index (χ1n) is 9.30. The number of anilines is 2. The van der Waals surface area contributed by atoms with E-state index in [4.69, 9.17) is 27.1 Å². The van der Waals surface area contributed by atoms with Gasteiger partial charge in [0.1, 0.15) is 5.82 Å². The van der Waals surface area contributed by atoms with Gasteiger partial charge < -0.3 is 15.4 Å². The molecule has 1 atom stereocenters. The van der Waals surface area contributed by atoms with E-state index < -0.39 is 0 Å². The number of morpholine rings is 1. The van der Waals surface area contributed by atoms with Gasteiger partial charge >= 0.3 is 0 Å². The van der Waals surface area contributed by atoms with Crippen LogP contribution in [-0.2, 0) is 4.74 Å². The molecular weight excluding hydrogens is 390 g/mol. The standard InChI is InChI=1S/C20H18ClN7O/c1-11-10-29-7-6-28(11)18-14-4-5-15(24-17(14)26-19(21)27-18)12-2-3-13-9-23-20(22)25-16(13)8-12/h2-5,8-9,11H,6-7,10H2,1H3,(H2,22,23,25)/t11-/m0/s1. The van der Waals surface area contributed by atoms with Crippen LogP contribution in [0, 0.1) is 0 Å². The first-order chi connectivity index (χ1) is 14.1. The molecule has 29 heavy (non-hydrogen) atoms. The van der Waals surface area contributed by atoms with Gasteiger partial charge in [-0.05, 0) is 36.7 Å². The van der Waals surface area contributed by atoms with Gasteiger partial charge in [-0.25, -0.2) is 15.0 Å². The zero-order valence-electron chi connectivity index (χ0n) is 15.7. The molecule has 0 spiro atoms. The van der Waals surface area contributed by atoms with Crippen LogP contribution in [-0.4, -0.2) is 50.7 Å². The van der Waals surface area contributed by atoms with Crippen LogP contribution in [0.5, 0.6) is 0 Å². The molecule has 1 fully saturated rings. The Hall–Kier alpha value is -3.10. The first-order valence-corrected chi connectivity index (χ1v) is 9.67. The highest BCUT2D eigenvalue weighted by molar-refractivity contribution is 6.28. The van der Waals surface area contributed by atoms with E-state index in [1.807, 2.05) is 30.3 Å². The van der Waals surface area contributed by atoms with Gasteiger partial charge in [-0.15, -0.1) is 0 Å². The maximum atomic E-state index is 6.23. The van der Waals surface area contributed by atoms with Gasteiger partial charge in [-0.2, -0.15) is 9.97 Å². The van der Waals surface area contributed by atoms with Crippen molar-refractivity contribution in [2.24, 2.45) is 0 Å². The molecule has 5 rings (SSSR count). The number of benzene rings is 1. The summed E-state index contributed by atoms with van der Waals surface area (Å²) in [6.45, 7) is 4.15. The van der Waals surface area contributed by atoms with Crippen LogP contribution in [0.1, 0.15) is 6.92 Å². The molecule has 8 nitrogen and oxygen atoms in total. The van der Waals surface area contributed by atoms with E-state index in [0.29, 0.717) is 18.9 Å². The normalized spacial score (nSPS) is 17.2. The van der Waals surface area contributed by atoms with Crippen molar-refractivity contribution in [3.05, 3.63) is 41.8 Å². The molecule has 4 aromatic rings. The molecule has 0 bridgehead atoms. The fourth-order valence-corrected chi connectivity index (χ4v) is 3.75. The number of nitrogen functional groups attached to an aromatic ring is 1. The number of pyridine rings is 1. The van der Waals surface area contributed by atoms with E-state index in [2.05, 4.69) is 31.8 Å². The number of hydrogen-bond donors (Lipinski definition) is 1. The Morgan fingerprint density at radius 1 is 1.14 bits per heavy atom. The molecule has 9 heteroatoms. The Morgan fingerprint density at radius 2 is 2.03 bits per heavy atom. The molecule has 1 aromatic carbocycles. The second-order valence-corrected chi connectivity index (χ2v) is 7.34. The molecular formula is C20H18ClN7O. The first kappa shape index (κ1) is 18.0. The molecule has 2 N–H and O–H groups in total. The van der Waals surface area contributed by atoms with Crippen LogP contribution < -0.4 is 10.6 Å². The van der Waals surface area contributed by atoms with Gasteiger partial charge in [0.05, 0.1) is 35.9 Å². The van der Waals surface area contributed by atoms with Gasteiger partial charge in [0.25, 0.3) is 0 Å². The van der Waals surface area contributed by atoms with E-state index in [1.54, 1.807) is 6.20 Å². The van der Waals surface area contributed by atoms with Crippen molar-refractivity contribution >= 4 is 45.3 Å². The SMILES string of the molecule is C[C@H]1COCCN1c1nc(Cl)nc2nc(-c3ccc4cnc(N)nc4c3)ccc12. The summed E-state index contributed by atoms with van der Waals surface area (Å²) in [6, 6.07) is 10.0. The molecule has 0 unspecified atom stereocenters. The van der Waals surface area contributed by atoms with E-state index in [-0.39, 0.29) is 17.3 Å². The number of halogens is 1. The van der Waals surface area contributed by atoms with Gasteiger partial charge in [0.15, 0.2) is 5.65 Å². The lowest BCUT2D eigenvalue weighted by Crippen LogP contribution is -2.44. The van der Waals surface area contributed by atoms with Gasteiger partial charge in [0, 0.05) is 23.7 Å². The number of nitrogens with zero attached hydrogens (tertiary/aromatic N) is 6. The predicted octanol–water partition coefficient (Wildman–Crippen LogP) is 3.10. The van der Waals surface area contributed by atoms with Crippen LogP contribution in [0.25, 0.3) is 33.2 Å². The Balaban J connectivity index is 1.62. The topological polar surface area (TPSA) is 103 Å². The monoisotopic (exact) mass is 407 g/mol. The van der Waals surface area contributed by atoms with Gasteiger partial charge in [-0.1, -0.05) is 12.1 Å². The third-order valence-electron chi connectivity index (χ3n) is 5.05. The van der Waals surface area contributed by atoms with Crippen LogP contribution in [0.15, 0.2) is 36.5 Å². The Labute approximate surface area is 171 Å². The summed E-state index contributed by atoms with van der Waals surface area (Å²) < 4.78 is 5.54. The van der Waals surface area contributed by atoms with E-state index in [9.17, 15) is 0 Å². The molecule has 1 aliphatic rings. The minimum atomic E-state index is 0.176. The molecule has 0 amide bonds. The van der Waals surface area contributed by atoms with Crippen LogP contribution in [0.4, 0.5) is 11.8 Å². The minimum Gasteiger partial charge on any atom is -0.377 e. The quantitative estimate of drug-likeness (QED) is 0.505. The summed E-state index contributed by atoms with van der Waals surface area (Å²) in [6.07, 6.45) is 1.71. The largest absolute Gasteiger partial charge is 0.377 e. The zero-order valence-corrected chi connectivity index (χ0v) is 16.5. The predicted molar refractivity (Wildman–Crippen MR) is 113 cm³/mol. The maximum absolute atomic E-state index is 6.23. The Bertz CT molecular complexity index is 1230. The Kier molecular flexibility index (Phi) is 4.37. The number of nitrogens with two attached hydrogens (primary N) is 1. The maximum Gasteiger partial charge on any atom is 0.226 e. The van der Waals surface area contributed by atoms with Crippen LogP contribution >= 0.6 is 11.6 Å². The fourth-order valence-electron chi connectivity index (χ4n) is 3.59. The highest BCUT2D eigenvalue weighted by atomic mass is 35.5. The molecule has 0 saturated carbocycles. The van der Waals surface area contributed by atoms with Crippen molar-refractivity contribution in [2.75, 3.05) is 30.4 Å². The Morgan fingerprint density at radius 3 is 2.90 bits per heavy atom. The fraction of sp³-hybridized carbons (Fsp3) is 0.250. The molecule has 3 aromatic heterocycles. The summed E-state index contributed by atoms with van der Waals surface area (Å²) in [4.78, 5) is 24.1. The molecule has 0 radical (unpaired) electrons. The number of rotatable bonds is 2. The van der Waals surface area contributed by atoms with Crippen LogP contribution in [0.2, 0.25) is 5.28 Å². The summed E-state index contributed by atoms with van der Waals surface area (Å²) in [5.74, 6) is 1.03. The highest BCUT2D eigenvalue weighted by Crippen LogP contribution is 2.30. The second kappa shape index (κ2) is 7.06. The lowest BCUT2D eigenvalue weighted by molar-refractivity contribution is 0.0987. The molecule has 4 heterocycles. The van der Waals surface area contributed by atoms with E-state index >= 15 is 0 Å². The molecule has 1 saturated heterocycles. The van der Waals surface area contributed by atoms with Gasteiger partial charge in [-0.3, -0.25) is 0 Å². The molecule has 0 aliphatic carbocycles. The summed E-state index contributed by atoms with van der Waals surface area (Å²) in [5.41, 5.74) is 8.72. The van der Waals surface area contributed by atoms with E-state index in [1.165, 1.54) is 0 Å². The van der Waals surface area contributed by atoms with Crippen molar-refractivity contribution in [1.29, 1.82) is 0 Å². The average Bonchev–Trinajstić information content (AvgIpc) is 2.72. The number of fused-ring (bicyclic) bond motifs is 2.